The number of fused-ring (bicyclic) bond motifs is 1. The number of allylic oxidation sites excluding steroid dienone is 1. The van der Waals surface area contributed by atoms with Crippen molar-refractivity contribution in [2.45, 2.75) is 19.3 Å². The monoisotopic (exact) mass is 457 g/mol. The molecule has 0 radical (unpaired) electrons. The van der Waals surface area contributed by atoms with E-state index in [1.807, 2.05) is 18.2 Å². The molecule has 8 heteroatoms. The predicted molar refractivity (Wildman–Crippen MR) is 130 cm³/mol. The van der Waals surface area contributed by atoms with Crippen LogP contribution in [0.25, 0.3) is 11.6 Å². The fourth-order valence-corrected chi connectivity index (χ4v) is 4.11. The van der Waals surface area contributed by atoms with Gasteiger partial charge in [-0.1, -0.05) is 30.3 Å². The third-order valence-corrected chi connectivity index (χ3v) is 5.70. The topological polar surface area (TPSA) is 77.4 Å². The summed E-state index contributed by atoms with van der Waals surface area (Å²) < 4.78 is 0. The van der Waals surface area contributed by atoms with Gasteiger partial charge >= 0.3 is 0 Å². The van der Waals surface area contributed by atoms with Crippen LogP contribution in [0.15, 0.2) is 53.7 Å². The lowest BCUT2D eigenvalue weighted by Gasteiger charge is -2.31. The van der Waals surface area contributed by atoms with Gasteiger partial charge in [-0.05, 0) is 49.0 Å². The Bertz CT molecular complexity index is 1070. The van der Waals surface area contributed by atoms with E-state index in [9.17, 15) is 5.11 Å². The van der Waals surface area contributed by atoms with Crippen LogP contribution in [0, 0.1) is 5.92 Å². The number of aromatic hydroxyl groups is 1. The van der Waals surface area contributed by atoms with Crippen LogP contribution in [0.3, 0.4) is 0 Å². The van der Waals surface area contributed by atoms with Gasteiger partial charge in [-0.3, -0.25) is 0 Å². The number of aromatic amines is 1. The standard InChI is InChI=1S/C23H23N5O.2ClH/c29-22-20(14-18-15-25-21-19(18)7-4-10-24-21)26-23(27-22)28-11-8-17(9-12-28)13-16-5-2-1-3-6-16;;/h1-7,10,14-15,17,29H,8-9,11-13H2,(H,26,27);2*1H/b18-14+;;. The molecule has 5 rings (SSSR count). The first kappa shape index (κ1) is 22.8. The van der Waals surface area contributed by atoms with Crippen molar-refractivity contribution in [1.82, 2.24) is 15.0 Å². The molecule has 3 aromatic rings. The highest BCUT2D eigenvalue weighted by Gasteiger charge is 2.23. The molecule has 6 nitrogen and oxygen atoms in total. The van der Waals surface area contributed by atoms with Crippen molar-refractivity contribution in [2.24, 2.45) is 10.9 Å². The normalized spacial score (nSPS) is 16.6. The van der Waals surface area contributed by atoms with Crippen LogP contribution in [-0.2, 0) is 6.42 Å². The minimum Gasteiger partial charge on any atom is -0.492 e. The van der Waals surface area contributed by atoms with Gasteiger partial charge < -0.3 is 15.0 Å². The van der Waals surface area contributed by atoms with Gasteiger partial charge in [0.1, 0.15) is 5.69 Å². The van der Waals surface area contributed by atoms with Crippen molar-refractivity contribution in [3.8, 4) is 5.88 Å². The largest absolute Gasteiger partial charge is 0.492 e. The number of H-pyrrole nitrogens is 1. The summed E-state index contributed by atoms with van der Waals surface area (Å²) in [7, 11) is 0. The molecule has 1 fully saturated rings. The lowest BCUT2D eigenvalue weighted by molar-refractivity contribution is 0.400. The van der Waals surface area contributed by atoms with Gasteiger partial charge in [-0.15, -0.1) is 24.8 Å². The van der Waals surface area contributed by atoms with Gasteiger partial charge in [0.15, 0.2) is 5.82 Å². The first-order valence-electron chi connectivity index (χ1n) is 10.1. The quantitative estimate of drug-likeness (QED) is 0.573. The van der Waals surface area contributed by atoms with E-state index in [1.54, 1.807) is 12.4 Å². The molecule has 0 bridgehead atoms. The maximum atomic E-state index is 10.3. The van der Waals surface area contributed by atoms with Gasteiger partial charge in [0.25, 0.3) is 0 Å². The number of hydrogen-bond donors (Lipinski definition) is 2. The second kappa shape index (κ2) is 9.98. The minimum atomic E-state index is 0. The fraction of sp³-hybridized carbons (Fsp3) is 0.261. The Kier molecular flexibility index (Phi) is 7.36. The van der Waals surface area contributed by atoms with Crippen LogP contribution < -0.4 is 4.90 Å². The molecule has 0 amide bonds. The summed E-state index contributed by atoms with van der Waals surface area (Å²) in [5.74, 6) is 2.15. The summed E-state index contributed by atoms with van der Waals surface area (Å²) in [5.41, 5.74) is 3.89. The molecule has 31 heavy (non-hydrogen) atoms. The van der Waals surface area contributed by atoms with E-state index < -0.39 is 0 Å². The highest BCUT2D eigenvalue weighted by Crippen LogP contribution is 2.32. The Balaban J connectivity index is 0.00000136. The van der Waals surface area contributed by atoms with E-state index in [4.69, 9.17) is 0 Å². The molecular formula is C23H25Cl2N5O. The number of nitrogens with zero attached hydrogens (tertiary/aromatic N) is 4. The molecule has 2 aliphatic rings. The Morgan fingerprint density at radius 1 is 1.06 bits per heavy atom. The van der Waals surface area contributed by atoms with Crippen LogP contribution in [0.4, 0.5) is 11.8 Å². The van der Waals surface area contributed by atoms with Crippen molar-refractivity contribution in [3.63, 3.8) is 0 Å². The molecule has 0 aliphatic carbocycles. The van der Waals surface area contributed by atoms with E-state index in [-0.39, 0.29) is 30.7 Å². The second-order valence-corrected chi connectivity index (χ2v) is 7.65. The SMILES string of the molecule is Cl.Cl.Oc1nc(N2CCC(Cc3ccccc3)CC2)[nH]c1/C=C1\C=Nc2ncccc21. The smallest absolute Gasteiger partial charge is 0.238 e. The molecule has 0 spiro atoms. The molecule has 1 aromatic carbocycles. The maximum absolute atomic E-state index is 10.3. The van der Waals surface area contributed by atoms with Crippen molar-refractivity contribution in [2.75, 3.05) is 18.0 Å². The van der Waals surface area contributed by atoms with Gasteiger partial charge in [-0.2, -0.15) is 4.98 Å². The molecule has 4 heterocycles. The zero-order valence-corrected chi connectivity index (χ0v) is 18.6. The van der Waals surface area contributed by atoms with Crippen molar-refractivity contribution >= 4 is 54.4 Å². The van der Waals surface area contributed by atoms with Crippen LogP contribution >= 0.6 is 24.8 Å². The molecule has 1 saturated heterocycles. The highest BCUT2D eigenvalue weighted by atomic mass is 35.5. The summed E-state index contributed by atoms with van der Waals surface area (Å²) in [6, 6.07) is 14.6. The summed E-state index contributed by atoms with van der Waals surface area (Å²) >= 11 is 0. The Morgan fingerprint density at radius 3 is 2.61 bits per heavy atom. The van der Waals surface area contributed by atoms with Crippen LogP contribution in [0.5, 0.6) is 5.88 Å². The number of anilines is 1. The number of aliphatic imine (C=N–C) groups is 1. The number of imidazole rings is 1. The number of hydrogen-bond acceptors (Lipinski definition) is 5. The molecule has 0 atom stereocenters. The van der Waals surface area contributed by atoms with E-state index in [0.717, 1.165) is 49.4 Å². The maximum Gasteiger partial charge on any atom is 0.238 e. The Hall–Kier alpha value is -2.83. The molecular weight excluding hydrogens is 433 g/mol. The zero-order valence-electron chi connectivity index (χ0n) is 16.9. The van der Waals surface area contributed by atoms with Crippen molar-refractivity contribution in [1.29, 1.82) is 0 Å². The first-order chi connectivity index (χ1) is 14.3. The van der Waals surface area contributed by atoms with Gasteiger partial charge in [0, 0.05) is 36.6 Å². The van der Waals surface area contributed by atoms with E-state index >= 15 is 0 Å². The predicted octanol–water partition coefficient (Wildman–Crippen LogP) is 5.07. The number of aromatic nitrogens is 3. The lowest BCUT2D eigenvalue weighted by atomic mass is 9.90. The first-order valence-corrected chi connectivity index (χ1v) is 10.1. The summed E-state index contributed by atoms with van der Waals surface area (Å²) in [5, 5.41) is 10.3. The van der Waals surface area contributed by atoms with Gasteiger partial charge in [-0.25, -0.2) is 9.98 Å². The van der Waals surface area contributed by atoms with Crippen molar-refractivity contribution in [3.05, 3.63) is 65.5 Å². The van der Waals surface area contributed by atoms with Gasteiger partial charge in [0.2, 0.25) is 11.8 Å². The highest BCUT2D eigenvalue weighted by molar-refractivity contribution is 6.20. The minimum absolute atomic E-state index is 0. The van der Waals surface area contributed by atoms with E-state index in [1.165, 1.54) is 5.56 Å². The van der Waals surface area contributed by atoms with Crippen molar-refractivity contribution < 1.29 is 5.11 Å². The molecule has 2 aromatic heterocycles. The Labute approximate surface area is 194 Å². The number of rotatable bonds is 4. The molecule has 0 unspecified atom stereocenters. The molecule has 2 aliphatic heterocycles. The molecule has 162 valence electrons. The number of halogens is 2. The number of piperidine rings is 1. The lowest BCUT2D eigenvalue weighted by Crippen LogP contribution is -2.35. The molecule has 0 saturated carbocycles. The summed E-state index contributed by atoms with van der Waals surface area (Å²) in [6.07, 6.45) is 8.75. The number of pyridine rings is 1. The average molecular weight is 458 g/mol. The molecule has 2 N–H and O–H groups in total. The van der Waals surface area contributed by atoms with Crippen LogP contribution in [-0.4, -0.2) is 39.4 Å². The zero-order chi connectivity index (χ0) is 19.6. The summed E-state index contributed by atoms with van der Waals surface area (Å²) in [6.45, 7) is 1.88. The van der Waals surface area contributed by atoms with E-state index in [0.29, 0.717) is 17.4 Å². The van der Waals surface area contributed by atoms with E-state index in [2.05, 4.69) is 55.2 Å². The van der Waals surface area contributed by atoms with Gasteiger partial charge in [0.05, 0.1) is 0 Å². The average Bonchev–Trinajstić information content (AvgIpc) is 3.33. The fourth-order valence-electron chi connectivity index (χ4n) is 4.11. The Morgan fingerprint density at radius 2 is 1.84 bits per heavy atom. The van der Waals surface area contributed by atoms with Crippen LogP contribution in [0.2, 0.25) is 0 Å². The van der Waals surface area contributed by atoms with Crippen LogP contribution in [0.1, 0.15) is 29.7 Å². The number of benzene rings is 1. The third kappa shape index (κ3) is 4.92. The second-order valence-electron chi connectivity index (χ2n) is 7.65. The number of nitrogens with one attached hydrogen (secondary N) is 1. The third-order valence-electron chi connectivity index (χ3n) is 5.70. The summed E-state index contributed by atoms with van der Waals surface area (Å²) in [4.78, 5) is 18.4.